The average Bonchev–Trinajstić information content (AvgIpc) is 2.95. The van der Waals surface area contributed by atoms with Crippen LogP contribution >= 0.6 is 0 Å². The summed E-state index contributed by atoms with van der Waals surface area (Å²) in [5.74, 6) is 0.0795. The number of aromatic amines is 1. The maximum absolute atomic E-state index is 12.9. The van der Waals surface area contributed by atoms with Crippen LogP contribution in [0.25, 0.3) is 0 Å². The van der Waals surface area contributed by atoms with Gasteiger partial charge in [-0.1, -0.05) is 6.42 Å². The lowest BCUT2D eigenvalue weighted by atomic mass is 9.91. The minimum Gasteiger partial charge on any atom is -0.369 e. The average molecular weight is 332 g/mol. The normalized spacial score (nSPS) is 28.5. The molecule has 2 N–H and O–H groups in total. The molecule has 1 amide bonds. The molecule has 4 rings (SSSR count). The Hall–Kier alpha value is -1.40. The van der Waals surface area contributed by atoms with E-state index in [-0.39, 0.29) is 18.1 Å². The number of nitrogens with one attached hydrogen (secondary N) is 2. The molecule has 6 nitrogen and oxygen atoms in total. The van der Waals surface area contributed by atoms with Gasteiger partial charge in [-0.15, -0.1) is 0 Å². The molecule has 3 heterocycles. The van der Waals surface area contributed by atoms with Crippen LogP contribution in [0.5, 0.6) is 0 Å². The molecule has 1 saturated carbocycles. The topological polar surface area (TPSA) is 70.2 Å². The Morgan fingerprint density at radius 1 is 1.21 bits per heavy atom. The van der Waals surface area contributed by atoms with Gasteiger partial charge in [0.1, 0.15) is 0 Å². The number of nitrogens with zero attached hydrogens (tertiary/aromatic N) is 2. The molecule has 1 aliphatic carbocycles. The van der Waals surface area contributed by atoms with Crippen molar-refractivity contribution in [2.75, 3.05) is 13.1 Å². The Balaban J connectivity index is 1.40. The Morgan fingerprint density at radius 3 is 2.58 bits per heavy atom. The summed E-state index contributed by atoms with van der Waals surface area (Å²) in [5, 5.41) is 11.1. The first-order chi connectivity index (χ1) is 11.6. The Kier molecular flexibility index (Phi) is 4.35. The van der Waals surface area contributed by atoms with Crippen molar-refractivity contribution in [3.63, 3.8) is 0 Å². The number of H-pyrrole nitrogens is 1. The van der Waals surface area contributed by atoms with Gasteiger partial charge in [0.25, 0.3) is 5.91 Å². The maximum Gasteiger partial charge on any atom is 0.274 e. The monoisotopic (exact) mass is 332 g/mol. The number of carbonyl (C=O) groups excluding carboxylic acids is 1. The standard InChI is InChI=1S/C18H28N4O2/c1-11-10-15-16(12(2)24-11)20-21-17(15)18(23)22-8-6-14(7-9-22)19-13-4-3-5-13/h11-14,19H,3-10H2,1-2H3,(H,20,21)/t11-,12+/m1/s1. The van der Waals surface area contributed by atoms with E-state index in [9.17, 15) is 4.79 Å². The van der Waals surface area contributed by atoms with Crippen molar-refractivity contribution in [3.05, 3.63) is 17.0 Å². The molecule has 0 spiro atoms. The fourth-order valence-electron chi connectivity index (χ4n) is 4.16. The summed E-state index contributed by atoms with van der Waals surface area (Å²) in [4.78, 5) is 14.9. The zero-order valence-electron chi connectivity index (χ0n) is 14.7. The second-order valence-electron chi connectivity index (χ2n) is 7.62. The van der Waals surface area contributed by atoms with E-state index in [1.165, 1.54) is 19.3 Å². The number of hydrogen-bond acceptors (Lipinski definition) is 4. The first-order valence-electron chi connectivity index (χ1n) is 9.39. The Morgan fingerprint density at radius 2 is 1.92 bits per heavy atom. The minimum atomic E-state index is -0.0183. The van der Waals surface area contributed by atoms with Crippen molar-refractivity contribution in [1.82, 2.24) is 20.4 Å². The van der Waals surface area contributed by atoms with Gasteiger partial charge in [-0.25, -0.2) is 0 Å². The zero-order valence-corrected chi connectivity index (χ0v) is 14.7. The van der Waals surface area contributed by atoms with Crippen LogP contribution in [0.2, 0.25) is 0 Å². The highest BCUT2D eigenvalue weighted by atomic mass is 16.5. The summed E-state index contributed by atoms with van der Waals surface area (Å²) in [5.41, 5.74) is 2.64. The second kappa shape index (κ2) is 6.48. The van der Waals surface area contributed by atoms with Crippen LogP contribution in [0, 0.1) is 0 Å². The highest BCUT2D eigenvalue weighted by Gasteiger charge is 2.33. The number of piperidine rings is 1. The number of ether oxygens (including phenoxy) is 1. The molecule has 2 fully saturated rings. The highest BCUT2D eigenvalue weighted by molar-refractivity contribution is 5.94. The molecule has 2 aliphatic heterocycles. The maximum atomic E-state index is 12.9. The molecule has 2 atom stereocenters. The molecule has 132 valence electrons. The summed E-state index contributed by atoms with van der Waals surface area (Å²) in [6, 6.07) is 1.29. The predicted molar refractivity (Wildman–Crippen MR) is 91.0 cm³/mol. The Bertz CT molecular complexity index is 602. The third-order valence-electron chi connectivity index (χ3n) is 5.79. The smallest absolute Gasteiger partial charge is 0.274 e. The predicted octanol–water partition coefficient (Wildman–Crippen LogP) is 2.18. The van der Waals surface area contributed by atoms with E-state index in [0.717, 1.165) is 49.7 Å². The fourth-order valence-corrected chi connectivity index (χ4v) is 4.16. The van der Waals surface area contributed by atoms with Crippen LogP contribution in [0.4, 0.5) is 0 Å². The molecule has 1 aromatic rings. The molecular formula is C18H28N4O2. The first kappa shape index (κ1) is 16.1. The van der Waals surface area contributed by atoms with Crippen LogP contribution in [0.3, 0.4) is 0 Å². The molecule has 1 saturated heterocycles. The molecule has 1 aromatic heterocycles. The number of hydrogen-bond donors (Lipinski definition) is 2. The molecule has 24 heavy (non-hydrogen) atoms. The van der Waals surface area contributed by atoms with Gasteiger partial charge in [-0.2, -0.15) is 5.10 Å². The van der Waals surface area contributed by atoms with E-state index in [2.05, 4.69) is 22.4 Å². The van der Waals surface area contributed by atoms with Crippen molar-refractivity contribution in [3.8, 4) is 0 Å². The quantitative estimate of drug-likeness (QED) is 0.890. The van der Waals surface area contributed by atoms with E-state index in [0.29, 0.717) is 11.7 Å². The second-order valence-corrected chi connectivity index (χ2v) is 7.62. The van der Waals surface area contributed by atoms with Crippen LogP contribution in [0.1, 0.15) is 73.8 Å². The van der Waals surface area contributed by atoms with Crippen LogP contribution < -0.4 is 5.32 Å². The van der Waals surface area contributed by atoms with E-state index in [1.807, 2.05) is 11.8 Å². The van der Waals surface area contributed by atoms with Gasteiger partial charge in [0.15, 0.2) is 5.69 Å². The molecule has 0 radical (unpaired) electrons. The summed E-state index contributed by atoms with van der Waals surface area (Å²) in [6.07, 6.45) is 6.96. The largest absolute Gasteiger partial charge is 0.369 e. The van der Waals surface area contributed by atoms with E-state index in [4.69, 9.17) is 4.74 Å². The zero-order chi connectivity index (χ0) is 16.7. The first-order valence-corrected chi connectivity index (χ1v) is 9.39. The third-order valence-corrected chi connectivity index (χ3v) is 5.79. The summed E-state index contributed by atoms with van der Waals surface area (Å²) in [7, 11) is 0. The van der Waals surface area contributed by atoms with E-state index in [1.54, 1.807) is 0 Å². The molecule has 6 heteroatoms. The fraction of sp³-hybridized carbons (Fsp3) is 0.778. The van der Waals surface area contributed by atoms with Gasteiger partial charge in [-0.3, -0.25) is 9.89 Å². The van der Waals surface area contributed by atoms with Crippen molar-refractivity contribution >= 4 is 5.91 Å². The van der Waals surface area contributed by atoms with Gasteiger partial charge in [0.05, 0.1) is 17.9 Å². The lowest BCUT2D eigenvalue weighted by Gasteiger charge is -2.37. The van der Waals surface area contributed by atoms with Crippen LogP contribution in [-0.2, 0) is 11.2 Å². The lowest BCUT2D eigenvalue weighted by molar-refractivity contribution is -0.00703. The number of amides is 1. The molecule has 0 unspecified atom stereocenters. The van der Waals surface area contributed by atoms with Gasteiger partial charge < -0.3 is 15.0 Å². The van der Waals surface area contributed by atoms with Crippen molar-refractivity contribution in [2.24, 2.45) is 0 Å². The van der Waals surface area contributed by atoms with Crippen molar-refractivity contribution in [2.45, 2.75) is 76.7 Å². The van der Waals surface area contributed by atoms with E-state index < -0.39 is 0 Å². The molecule has 0 aromatic carbocycles. The van der Waals surface area contributed by atoms with Crippen molar-refractivity contribution < 1.29 is 9.53 Å². The third kappa shape index (κ3) is 2.97. The summed E-state index contributed by atoms with van der Waals surface area (Å²) < 4.78 is 5.81. The number of likely N-dealkylation sites (tertiary alicyclic amines) is 1. The number of rotatable bonds is 3. The number of aromatic nitrogens is 2. The van der Waals surface area contributed by atoms with Gasteiger partial charge >= 0.3 is 0 Å². The van der Waals surface area contributed by atoms with Gasteiger partial charge in [-0.05, 0) is 39.5 Å². The molecular weight excluding hydrogens is 304 g/mol. The van der Waals surface area contributed by atoms with Crippen LogP contribution in [0.15, 0.2) is 0 Å². The summed E-state index contributed by atoms with van der Waals surface area (Å²) in [6.45, 7) is 5.72. The number of fused-ring (bicyclic) bond motifs is 1. The van der Waals surface area contributed by atoms with E-state index >= 15 is 0 Å². The number of carbonyl (C=O) groups is 1. The summed E-state index contributed by atoms with van der Waals surface area (Å²) >= 11 is 0. The van der Waals surface area contributed by atoms with Gasteiger partial charge in [0.2, 0.25) is 0 Å². The highest BCUT2D eigenvalue weighted by Crippen LogP contribution is 2.31. The van der Waals surface area contributed by atoms with Gasteiger partial charge in [0, 0.05) is 37.2 Å². The molecule has 0 bridgehead atoms. The SMILES string of the molecule is C[C@@H]1Cc2c(C(=O)N3CCC(NC4CCC4)CC3)n[nH]c2[C@H](C)O1. The minimum absolute atomic E-state index is 0.0183. The van der Waals surface area contributed by atoms with Crippen LogP contribution in [-0.4, -0.2) is 52.3 Å². The molecule has 3 aliphatic rings. The van der Waals surface area contributed by atoms with Crippen molar-refractivity contribution in [1.29, 1.82) is 0 Å². The Labute approximate surface area is 143 Å². The lowest BCUT2D eigenvalue weighted by Crippen LogP contribution is -2.49.